The molecule has 0 unspecified atom stereocenters. The molecule has 8 heteroatoms. The van der Waals surface area contributed by atoms with Crippen LogP contribution in [0.15, 0.2) is 22.7 Å². The van der Waals surface area contributed by atoms with Gasteiger partial charge in [0.25, 0.3) is 0 Å². The molecular weight excluding hydrogens is 379 g/mol. The second kappa shape index (κ2) is 4.67. The smallest absolute Gasteiger partial charge is 0.417 e. The molecule has 0 spiro atoms. The normalized spacial score (nSPS) is 22.6. The first kappa shape index (κ1) is 14.9. The van der Waals surface area contributed by atoms with Crippen LogP contribution in [0.25, 0.3) is 5.69 Å². The first-order valence-corrected chi connectivity index (χ1v) is 7.77. The zero-order valence-corrected chi connectivity index (χ0v) is 13.1. The average Bonchev–Trinajstić information content (AvgIpc) is 3.13. The van der Waals surface area contributed by atoms with E-state index in [0.717, 1.165) is 23.5 Å². The third-order valence-corrected chi connectivity index (χ3v) is 5.06. The lowest BCUT2D eigenvalue weighted by molar-refractivity contribution is -0.138. The second-order valence-corrected chi connectivity index (χ2v) is 6.52. The fourth-order valence-electron chi connectivity index (χ4n) is 3.39. The highest BCUT2D eigenvalue weighted by Crippen LogP contribution is 2.58. The van der Waals surface area contributed by atoms with Crippen molar-refractivity contribution in [1.29, 1.82) is 0 Å². The molecular formula is C15H11BrF3NO3. The van der Waals surface area contributed by atoms with Gasteiger partial charge in [0.2, 0.25) is 11.8 Å². The van der Waals surface area contributed by atoms with Crippen molar-refractivity contribution in [3.8, 4) is 17.4 Å². The molecule has 2 atom stereocenters. The molecule has 2 aromatic rings. The summed E-state index contributed by atoms with van der Waals surface area (Å²) in [5, 5.41) is 20.8. The summed E-state index contributed by atoms with van der Waals surface area (Å²) in [6.45, 7) is 0. The van der Waals surface area contributed by atoms with E-state index in [9.17, 15) is 23.4 Å². The lowest BCUT2D eigenvalue weighted by Gasteiger charge is -2.14. The lowest BCUT2D eigenvalue weighted by atomic mass is 9.95. The van der Waals surface area contributed by atoms with Crippen molar-refractivity contribution < 1.29 is 28.1 Å². The minimum absolute atomic E-state index is 0.0457. The number of ether oxygens (including phenoxy) is 1. The van der Waals surface area contributed by atoms with E-state index in [1.807, 2.05) is 0 Å². The molecule has 1 fully saturated rings. The Labute approximate surface area is 137 Å². The Morgan fingerprint density at radius 3 is 2.17 bits per heavy atom. The summed E-state index contributed by atoms with van der Waals surface area (Å²) >= 11 is 2.88. The first-order chi connectivity index (χ1) is 10.8. The summed E-state index contributed by atoms with van der Waals surface area (Å²) in [6.07, 6.45) is -3.71. The summed E-state index contributed by atoms with van der Waals surface area (Å²) in [6, 6.07) is 3.53. The lowest BCUT2D eigenvalue weighted by Crippen LogP contribution is -2.07. The third kappa shape index (κ3) is 2.01. The van der Waals surface area contributed by atoms with Crippen LogP contribution in [-0.4, -0.2) is 14.8 Å². The van der Waals surface area contributed by atoms with Gasteiger partial charge in [-0.2, -0.15) is 13.2 Å². The highest BCUT2D eigenvalue weighted by atomic mass is 79.9. The van der Waals surface area contributed by atoms with Crippen LogP contribution in [0, 0.1) is 0 Å². The average molecular weight is 390 g/mol. The summed E-state index contributed by atoms with van der Waals surface area (Å²) in [5.74, 6) is -0.528. The van der Waals surface area contributed by atoms with Gasteiger partial charge in [0.15, 0.2) is 0 Å². The Morgan fingerprint density at radius 1 is 1.09 bits per heavy atom. The Balaban J connectivity index is 1.91. The van der Waals surface area contributed by atoms with E-state index in [1.54, 1.807) is 0 Å². The molecule has 2 aliphatic rings. The Hall–Kier alpha value is -1.67. The summed E-state index contributed by atoms with van der Waals surface area (Å²) in [4.78, 5) is 0. The van der Waals surface area contributed by atoms with E-state index < -0.39 is 11.7 Å². The zero-order chi connectivity index (χ0) is 16.5. The van der Waals surface area contributed by atoms with E-state index in [-0.39, 0.29) is 34.1 Å². The predicted molar refractivity (Wildman–Crippen MR) is 77.6 cm³/mol. The van der Waals surface area contributed by atoms with Crippen molar-refractivity contribution in [2.24, 2.45) is 0 Å². The molecule has 0 radical (unpaired) electrons. The number of nitrogens with zero attached hydrogens (tertiary/aromatic N) is 1. The maximum atomic E-state index is 13.1. The Morgan fingerprint density at radius 2 is 1.65 bits per heavy atom. The van der Waals surface area contributed by atoms with Crippen molar-refractivity contribution >= 4 is 15.9 Å². The van der Waals surface area contributed by atoms with Crippen LogP contribution in [-0.2, 0) is 10.9 Å². The molecule has 1 saturated heterocycles. The van der Waals surface area contributed by atoms with Gasteiger partial charge in [-0.3, -0.25) is 4.57 Å². The quantitative estimate of drug-likeness (QED) is 0.750. The van der Waals surface area contributed by atoms with Gasteiger partial charge in [-0.1, -0.05) is 15.9 Å². The number of hydrogen-bond donors (Lipinski definition) is 2. The number of alkyl halides is 3. The fourth-order valence-corrected chi connectivity index (χ4v) is 3.86. The molecule has 1 aromatic heterocycles. The summed E-state index contributed by atoms with van der Waals surface area (Å²) in [5.41, 5.74) is 0.136. The number of halogens is 4. The third-order valence-electron chi connectivity index (χ3n) is 4.37. The van der Waals surface area contributed by atoms with E-state index >= 15 is 0 Å². The van der Waals surface area contributed by atoms with Gasteiger partial charge >= 0.3 is 6.18 Å². The van der Waals surface area contributed by atoms with Gasteiger partial charge in [0.1, 0.15) is 0 Å². The number of aromatic nitrogens is 1. The topological polar surface area (TPSA) is 54.6 Å². The zero-order valence-electron chi connectivity index (χ0n) is 11.6. The number of benzene rings is 1. The second-order valence-electron chi connectivity index (χ2n) is 5.66. The molecule has 0 saturated carbocycles. The van der Waals surface area contributed by atoms with Gasteiger partial charge in [0.05, 0.1) is 34.6 Å². The minimum Gasteiger partial charge on any atom is -0.494 e. The van der Waals surface area contributed by atoms with Crippen molar-refractivity contribution in [2.45, 2.75) is 31.2 Å². The van der Waals surface area contributed by atoms with Crippen LogP contribution in [0.2, 0.25) is 0 Å². The number of rotatable bonds is 1. The molecule has 3 heterocycles. The van der Waals surface area contributed by atoms with E-state index in [1.165, 1.54) is 12.1 Å². The summed E-state index contributed by atoms with van der Waals surface area (Å²) < 4.78 is 45.7. The maximum absolute atomic E-state index is 13.1. The number of hydrogen-bond acceptors (Lipinski definition) is 3. The van der Waals surface area contributed by atoms with E-state index in [0.29, 0.717) is 11.1 Å². The van der Waals surface area contributed by atoms with E-state index in [4.69, 9.17) is 4.74 Å². The molecule has 1 aromatic carbocycles. The maximum Gasteiger partial charge on any atom is 0.417 e. The minimum atomic E-state index is -4.54. The van der Waals surface area contributed by atoms with Gasteiger partial charge in [0, 0.05) is 4.47 Å². The van der Waals surface area contributed by atoms with Crippen LogP contribution >= 0.6 is 15.9 Å². The van der Waals surface area contributed by atoms with Crippen LogP contribution in [0.3, 0.4) is 0 Å². The largest absolute Gasteiger partial charge is 0.494 e. The fraction of sp³-hybridized carbons (Fsp3) is 0.333. The number of aromatic hydroxyl groups is 2. The van der Waals surface area contributed by atoms with Gasteiger partial charge in [-0.15, -0.1) is 0 Å². The van der Waals surface area contributed by atoms with Crippen LogP contribution in [0.4, 0.5) is 13.2 Å². The van der Waals surface area contributed by atoms with Crippen LogP contribution in [0.5, 0.6) is 11.8 Å². The Bertz CT molecular complexity index is 782. The van der Waals surface area contributed by atoms with Gasteiger partial charge in [-0.05, 0) is 31.0 Å². The van der Waals surface area contributed by atoms with Crippen molar-refractivity contribution in [3.63, 3.8) is 0 Å². The summed E-state index contributed by atoms with van der Waals surface area (Å²) in [7, 11) is 0. The van der Waals surface area contributed by atoms with Crippen LogP contribution < -0.4 is 0 Å². The monoisotopic (exact) mass is 389 g/mol. The van der Waals surface area contributed by atoms with Gasteiger partial charge in [-0.25, -0.2) is 0 Å². The van der Waals surface area contributed by atoms with Crippen molar-refractivity contribution in [2.75, 3.05) is 0 Å². The molecule has 2 bridgehead atoms. The molecule has 4 rings (SSSR count). The SMILES string of the molecule is Oc1c2c(c(O)n1-c1ccc(Br)c(C(F)(F)F)c1)[C@H]1CC[C@@H]2O1. The van der Waals surface area contributed by atoms with E-state index in [2.05, 4.69) is 15.9 Å². The number of fused-ring (bicyclic) bond motifs is 5. The van der Waals surface area contributed by atoms with Crippen molar-refractivity contribution in [3.05, 3.63) is 39.4 Å². The highest BCUT2D eigenvalue weighted by Gasteiger charge is 2.45. The Kier molecular flexibility index (Phi) is 3.02. The van der Waals surface area contributed by atoms with Crippen LogP contribution in [0.1, 0.15) is 41.7 Å². The molecule has 2 N–H and O–H groups in total. The first-order valence-electron chi connectivity index (χ1n) is 6.98. The predicted octanol–water partition coefficient (Wildman–Crippen LogP) is 4.58. The van der Waals surface area contributed by atoms with Crippen molar-refractivity contribution in [1.82, 2.24) is 4.57 Å². The molecule has 23 heavy (non-hydrogen) atoms. The highest BCUT2D eigenvalue weighted by molar-refractivity contribution is 9.10. The molecule has 2 aliphatic heterocycles. The molecule has 0 aliphatic carbocycles. The molecule has 122 valence electrons. The molecule has 0 amide bonds. The standard InChI is InChI=1S/C15H11BrF3NO3/c16-8-2-1-6(5-7(8)15(17,18)19)20-13(21)11-9-3-4-10(23-9)12(11)14(20)22/h1-2,5,9-10,21-22H,3-4H2/t9-,10+. The van der Waals surface area contributed by atoms with Gasteiger partial charge < -0.3 is 14.9 Å². The molecule has 4 nitrogen and oxygen atoms in total.